The zero-order valence-corrected chi connectivity index (χ0v) is 73.4. The maximum Gasteiger partial charge on any atom is 0.472 e. The minimum atomic E-state index is -4.73. The zero-order chi connectivity index (χ0) is 84.7. The summed E-state index contributed by atoms with van der Waals surface area (Å²) >= 11 is 0. The highest BCUT2D eigenvalue weighted by molar-refractivity contribution is 7.86. The Kier molecular flexibility index (Phi) is 48.9. The predicted molar refractivity (Wildman–Crippen MR) is 446 cm³/mol. The first-order valence-corrected chi connectivity index (χ1v) is 49.8. The molecule has 0 fully saturated rings. The van der Waals surface area contributed by atoms with Crippen LogP contribution >= 0.6 is 7.82 Å². The highest BCUT2D eigenvalue weighted by atomic mass is 32.2. The molecule has 2 amide bonds. The minimum Gasteiger partial charge on any atom is -0.462 e. The fraction of sp³-hybridized carbons (Fsp3) is 0.744. The van der Waals surface area contributed by atoms with Gasteiger partial charge in [0.1, 0.15) is 19.8 Å². The summed E-state index contributed by atoms with van der Waals surface area (Å²) in [7, 11) is -22.8. The second-order valence-corrected chi connectivity index (χ2v) is 38.7. The summed E-state index contributed by atoms with van der Waals surface area (Å²) in [6.45, 7) is 8.64. The number of allylic oxidation sites excluding steroid dienone is 4. The molecule has 658 valence electrons. The van der Waals surface area contributed by atoms with Crippen molar-refractivity contribution in [3.8, 4) is 0 Å². The van der Waals surface area contributed by atoms with Crippen molar-refractivity contribution in [2.75, 3.05) is 88.8 Å². The maximum absolute atomic E-state index is 13.0. The van der Waals surface area contributed by atoms with E-state index in [1.54, 1.807) is 22.8 Å². The average Bonchev–Trinajstić information content (AvgIpc) is 1.58. The number of phosphoric acid groups is 1. The monoisotopic (exact) mass is 1720 g/mol. The molecule has 2 aromatic rings. The van der Waals surface area contributed by atoms with E-state index in [9.17, 15) is 80.5 Å². The Morgan fingerprint density at radius 1 is 0.522 bits per heavy atom. The van der Waals surface area contributed by atoms with Gasteiger partial charge in [0.2, 0.25) is 17.5 Å². The minimum absolute atomic E-state index is 0.0285. The lowest BCUT2D eigenvalue weighted by Gasteiger charge is -2.30. The lowest BCUT2D eigenvalue weighted by Crippen LogP contribution is -2.31. The average molecular weight is 1720 g/mol. The normalized spacial score (nSPS) is 16.2. The van der Waals surface area contributed by atoms with Crippen molar-refractivity contribution in [3.63, 3.8) is 0 Å². The molecule has 0 saturated heterocycles. The van der Waals surface area contributed by atoms with E-state index in [0.717, 1.165) is 44.9 Å². The van der Waals surface area contributed by atoms with Gasteiger partial charge in [-0.05, 0) is 94.8 Å². The molecule has 33 heteroatoms. The van der Waals surface area contributed by atoms with E-state index in [2.05, 4.69) is 24.5 Å². The SMILES string of the molecule is CCCCCCCCCCCCCCCCCC(=O)OC[C@H](COP(=O)(O)OCCNC(=O)COCCOCCNC(=O)CCCCCCC1(C)/C(=C\C=C\C2=[N+](CCCS(=O)(=O)O)c3ccc(S(=O)(=O)O)cc3C2(C)C)N(CCCS(=O)(=O)O)c2ccc(S(=O)(=O)O)cc21)OC(=O)CCCCCCCCCCCCCCCCC. The lowest BCUT2D eigenvalue weighted by atomic mass is 9.77. The highest BCUT2D eigenvalue weighted by Crippen LogP contribution is 2.52. The van der Waals surface area contributed by atoms with Gasteiger partial charge in [-0.15, -0.1) is 0 Å². The number of hydrogen-bond donors (Lipinski definition) is 7. The third-order valence-electron chi connectivity index (χ3n) is 21.0. The molecule has 115 heavy (non-hydrogen) atoms. The van der Waals surface area contributed by atoms with E-state index in [4.69, 9.17) is 28.0 Å². The van der Waals surface area contributed by atoms with Crippen LogP contribution in [0, 0.1) is 0 Å². The number of nitrogens with one attached hydrogen (secondary N) is 2. The molecule has 3 atom stereocenters. The van der Waals surface area contributed by atoms with E-state index in [0.29, 0.717) is 78.9 Å². The van der Waals surface area contributed by atoms with Gasteiger partial charge in [0, 0.05) is 79.8 Å². The van der Waals surface area contributed by atoms with Crippen LogP contribution < -0.4 is 15.5 Å². The molecule has 0 aliphatic carbocycles. The van der Waals surface area contributed by atoms with Crippen molar-refractivity contribution >= 4 is 89.1 Å². The van der Waals surface area contributed by atoms with Crippen molar-refractivity contribution in [1.82, 2.24) is 10.6 Å². The van der Waals surface area contributed by atoms with E-state index < -0.39 is 108 Å². The van der Waals surface area contributed by atoms with Gasteiger partial charge < -0.3 is 39.4 Å². The summed E-state index contributed by atoms with van der Waals surface area (Å²) < 4.78 is 184. The number of unbranched alkanes of at least 4 members (excludes halogenated alkanes) is 31. The lowest BCUT2D eigenvalue weighted by molar-refractivity contribution is -0.437. The first kappa shape index (κ1) is 102. The van der Waals surface area contributed by atoms with Crippen LogP contribution in [0.2, 0.25) is 0 Å². The Morgan fingerprint density at radius 2 is 0.983 bits per heavy atom. The summed E-state index contributed by atoms with van der Waals surface area (Å²) in [6, 6.07) is 8.15. The molecule has 0 aromatic heterocycles. The van der Waals surface area contributed by atoms with Crippen LogP contribution in [0.15, 0.2) is 70.1 Å². The van der Waals surface area contributed by atoms with Crippen LogP contribution in [0.4, 0.5) is 11.4 Å². The van der Waals surface area contributed by atoms with E-state index >= 15 is 0 Å². The molecule has 0 bridgehead atoms. The topological polar surface area (TPSA) is 409 Å². The van der Waals surface area contributed by atoms with Crippen molar-refractivity contribution in [3.05, 3.63) is 71.5 Å². The Labute approximate surface area is 687 Å². The van der Waals surface area contributed by atoms with Gasteiger partial charge in [0.15, 0.2) is 11.8 Å². The standard InChI is InChI=1S/C82H137N4O24PS4/c1-6-8-10-12-14-16-18-20-22-24-26-28-30-32-37-46-79(89)107-65-68(110-80(90)47-38-33-31-29-27-25-23-21-19-17-15-13-11-9-7-2)66-109-111(91,92)108-58-54-84-78(88)67-106-60-59-105-57-53-83-77(87)45-36-34-35-39-52-82(5)72-64-70(115(102,103)104)49-51-74(72)86(56-42-62-113(96,97)98)76(82)44-40-43-75-81(3,4)71-63-69(114(99,100)101)48-50-73(71)85(75)55-41-61-112(93,94)95/h40,43-44,48-51,63-64,68H,6-39,41-42,45-47,52-62,65-67H2,1-5H3,(H6-,83,84,87,88,91,92,93,94,95,96,97,98,99,100,101,102,103,104)/p+1/t68-,82?/m1/s1. The van der Waals surface area contributed by atoms with E-state index in [1.807, 2.05) is 25.7 Å². The quantitative estimate of drug-likeness (QED) is 0.0106. The smallest absolute Gasteiger partial charge is 0.462 e. The van der Waals surface area contributed by atoms with Gasteiger partial charge in [-0.25, -0.2) is 4.57 Å². The fourth-order valence-electron chi connectivity index (χ4n) is 14.7. The number of nitrogens with zero attached hydrogens (tertiary/aromatic N) is 2. The fourth-order valence-corrected chi connectivity index (χ4v) is 17.4. The number of ether oxygens (including phenoxy) is 4. The molecule has 0 saturated carbocycles. The molecular formula is C82H138N4O24PS4+. The molecule has 2 unspecified atom stereocenters. The van der Waals surface area contributed by atoms with Crippen LogP contribution in [0.5, 0.6) is 0 Å². The molecule has 2 aliphatic heterocycles. The number of rotatable bonds is 69. The third-order valence-corrected chi connectivity index (χ3v) is 25.3. The molecule has 2 heterocycles. The summed E-state index contributed by atoms with van der Waals surface area (Å²) in [4.78, 5) is 62.8. The number of fused-ring (bicyclic) bond motifs is 2. The van der Waals surface area contributed by atoms with Crippen LogP contribution in [0.3, 0.4) is 0 Å². The van der Waals surface area contributed by atoms with Gasteiger partial charge in [0.25, 0.3) is 40.5 Å². The summed E-state index contributed by atoms with van der Waals surface area (Å²) in [5.74, 6) is -2.93. The van der Waals surface area contributed by atoms with E-state index in [1.165, 1.54) is 171 Å². The van der Waals surface area contributed by atoms with Crippen molar-refractivity contribution in [1.29, 1.82) is 0 Å². The summed E-state index contributed by atoms with van der Waals surface area (Å²) in [5.41, 5.74) is 1.24. The second kappa shape index (κ2) is 55.0. The number of esters is 2. The molecule has 0 spiro atoms. The van der Waals surface area contributed by atoms with Gasteiger partial charge in [-0.3, -0.25) is 46.4 Å². The molecular weight excluding hydrogens is 1580 g/mol. The number of amides is 2. The number of anilines is 1. The van der Waals surface area contributed by atoms with Crippen LogP contribution in [-0.2, 0) is 103 Å². The number of hydrogen-bond acceptors (Lipinski definition) is 20. The highest BCUT2D eigenvalue weighted by Gasteiger charge is 2.46. The first-order chi connectivity index (χ1) is 54.6. The second-order valence-electron chi connectivity index (χ2n) is 31.2. The summed E-state index contributed by atoms with van der Waals surface area (Å²) in [6.07, 6.45) is 42.8. The Bertz CT molecular complexity index is 3870. The van der Waals surface area contributed by atoms with E-state index in [-0.39, 0.29) is 107 Å². The third kappa shape index (κ3) is 42.6. The maximum atomic E-state index is 13.0. The van der Waals surface area contributed by atoms with Crippen LogP contribution in [0.25, 0.3) is 0 Å². The largest absolute Gasteiger partial charge is 0.472 e. The molecule has 4 rings (SSSR count). The van der Waals surface area contributed by atoms with Crippen LogP contribution in [0.1, 0.15) is 303 Å². The van der Waals surface area contributed by atoms with Crippen LogP contribution in [-0.4, -0.2) is 181 Å². The van der Waals surface area contributed by atoms with Gasteiger partial charge >= 0.3 is 19.8 Å². The number of benzene rings is 2. The van der Waals surface area contributed by atoms with Gasteiger partial charge in [0.05, 0.1) is 59.7 Å². The van der Waals surface area contributed by atoms with Gasteiger partial charge in [-0.1, -0.05) is 219 Å². The summed E-state index contributed by atoms with van der Waals surface area (Å²) in [5, 5.41) is 5.33. The zero-order valence-electron chi connectivity index (χ0n) is 69.2. The molecule has 28 nitrogen and oxygen atoms in total. The van der Waals surface area contributed by atoms with Crippen molar-refractivity contribution in [2.45, 2.75) is 318 Å². The first-order valence-electron chi connectivity index (χ1n) is 42.2. The molecule has 7 N–H and O–H groups in total. The molecule has 0 radical (unpaired) electrons. The number of carbonyl (C=O) groups is 4. The number of phosphoric ester groups is 1. The van der Waals surface area contributed by atoms with Crippen molar-refractivity contribution in [2.24, 2.45) is 0 Å². The Hall–Kier alpha value is -5.06. The van der Waals surface area contributed by atoms with Gasteiger partial charge in [-0.2, -0.15) is 38.2 Å². The Morgan fingerprint density at radius 3 is 1.51 bits per heavy atom. The Balaban J connectivity index is 1.19. The predicted octanol–water partition coefficient (Wildman–Crippen LogP) is 16.0. The molecule has 2 aromatic carbocycles. The van der Waals surface area contributed by atoms with Crippen molar-refractivity contribution < 1.29 is 113 Å². The molecule has 2 aliphatic rings. The number of carbonyl (C=O) groups excluding carboxylic acids is 4.